The molecule has 0 aromatic carbocycles. The van der Waals surface area contributed by atoms with Gasteiger partial charge in [0.1, 0.15) is 0 Å². The molecular weight excluding hydrogens is 196 g/mol. The quantitative estimate of drug-likeness (QED) is 0.632. The van der Waals surface area contributed by atoms with Crippen LogP contribution in [0.15, 0.2) is 0 Å². The Morgan fingerprint density at radius 2 is 1.88 bits per heavy atom. The molecule has 0 saturated carbocycles. The fraction of sp³-hybridized carbons (Fsp3) is 1.00. The van der Waals surface area contributed by atoms with Crippen LogP contribution in [0.5, 0.6) is 0 Å². The van der Waals surface area contributed by atoms with Crippen molar-refractivity contribution < 1.29 is 4.74 Å². The van der Waals surface area contributed by atoms with E-state index in [-0.39, 0.29) is 0 Å². The van der Waals surface area contributed by atoms with Crippen molar-refractivity contribution in [1.82, 2.24) is 0 Å². The van der Waals surface area contributed by atoms with Crippen LogP contribution in [0.3, 0.4) is 0 Å². The van der Waals surface area contributed by atoms with Crippen molar-refractivity contribution in [2.24, 2.45) is 10.8 Å². The van der Waals surface area contributed by atoms with Crippen LogP contribution in [0, 0.1) is 10.8 Å². The fourth-order valence-corrected chi connectivity index (χ4v) is 2.62. The maximum absolute atomic E-state index is 5.85. The van der Waals surface area contributed by atoms with Crippen molar-refractivity contribution >= 4 is 0 Å². The molecule has 1 aliphatic rings. The van der Waals surface area contributed by atoms with E-state index in [2.05, 4.69) is 34.6 Å². The van der Waals surface area contributed by atoms with Crippen LogP contribution in [-0.4, -0.2) is 12.7 Å². The second-order valence-electron chi connectivity index (χ2n) is 6.71. The first-order valence-electron chi connectivity index (χ1n) is 7.02. The van der Waals surface area contributed by atoms with E-state index in [0.29, 0.717) is 16.9 Å². The monoisotopic (exact) mass is 226 g/mol. The van der Waals surface area contributed by atoms with Crippen molar-refractivity contribution in [2.45, 2.75) is 79.2 Å². The van der Waals surface area contributed by atoms with E-state index in [1.165, 1.54) is 38.5 Å². The molecule has 1 aliphatic heterocycles. The van der Waals surface area contributed by atoms with Crippen LogP contribution in [0.25, 0.3) is 0 Å². The first-order chi connectivity index (χ1) is 7.41. The largest absolute Gasteiger partial charge is 0.378 e. The van der Waals surface area contributed by atoms with Gasteiger partial charge in [-0.05, 0) is 30.1 Å². The van der Waals surface area contributed by atoms with Crippen molar-refractivity contribution in [1.29, 1.82) is 0 Å². The van der Waals surface area contributed by atoms with Gasteiger partial charge in [-0.3, -0.25) is 0 Å². The zero-order chi connectivity index (χ0) is 12.2. The van der Waals surface area contributed by atoms with Crippen LogP contribution < -0.4 is 0 Å². The lowest BCUT2D eigenvalue weighted by molar-refractivity contribution is 0.0885. The molecule has 0 spiro atoms. The molecule has 0 unspecified atom stereocenters. The summed E-state index contributed by atoms with van der Waals surface area (Å²) in [6, 6.07) is 0. The third-order valence-corrected chi connectivity index (χ3v) is 4.50. The van der Waals surface area contributed by atoms with Crippen LogP contribution in [0.2, 0.25) is 0 Å². The highest BCUT2D eigenvalue weighted by atomic mass is 16.5. The standard InChI is InChI=1S/C15H30O/c1-6-15(5,7-2)10-8-9-13-11-14(3,4)12-16-13/h13H,6-12H2,1-5H3/t13-/m1/s1. The first kappa shape index (κ1) is 14.0. The summed E-state index contributed by atoms with van der Waals surface area (Å²) < 4.78 is 5.85. The Balaban J connectivity index is 2.21. The molecule has 16 heavy (non-hydrogen) atoms. The lowest BCUT2D eigenvalue weighted by Crippen LogP contribution is -2.15. The van der Waals surface area contributed by atoms with Crippen molar-refractivity contribution in [2.75, 3.05) is 6.61 Å². The number of hydrogen-bond donors (Lipinski definition) is 0. The van der Waals surface area contributed by atoms with Gasteiger partial charge in [0, 0.05) is 0 Å². The van der Waals surface area contributed by atoms with E-state index in [1.54, 1.807) is 0 Å². The predicted molar refractivity (Wildman–Crippen MR) is 70.7 cm³/mol. The van der Waals surface area contributed by atoms with Gasteiger partial charge in [-0.1, -0.05) is 53.9 Å². The molecule has 1 heteroatoms. The van der Waals surface area contributed by atoms with E-state index in [1.807, 2.05) is 0 Å². The highest BCUT2D eigenvalue weighted by molar-refractivity contribution is 4.81. The lowest BCUT2D eigenvalue weighted by Gasteiger charge is -2.27. The molecule has 0 bridgehead atoms. The minimum atomic E-state index is 0.420. The van der Waals surface area contributed by atoms with Gasteiger partial charge in [0.2, 0.25) is 0 Å². The van der Waals surface area contributed by atoms with E-state index in [9.17, 15) is 0 Å². The van der Waals surface area contributed by atoms with Crippen LogP contribution in [0.4, 0.5) is 0 Å². The second kappa shape index (κ2) is 5.53. The van der Waals surface area contributed by atoms with Gasteiger partial charge in [-0.2, -0.15) is 0 Å². The summed E-state index contributed by atoms with van der Waals surface area (Å²) in [4.78, 5) is 0. The third kappa shape index (κ3) is 4.08. The third-order valence-electron chi connectivity index (χ3n) is 4.50. The molecule has 0 aromatic heterocycles. The molecule has 1 heterocycles. The first-order valence-corrected chi connectivity index (χ1v) is 7.02. The zero-order valence-electron chi connectivity index (χ0n) is 11.9. The van der Waals surface area contributed by atoms with Crippen molar-refractivity contribution in [3.8, 4) is 0 Å². The SMILES string of the molecule is CCC(C)(CC)CCC[C@@H]1CC(C)(C)CO1. The van der Waals surface area contributed by atoms with Crippen LogP contribution in [0.1, 0.15) is 73.1 Å². The molecule has 0 amide bonds. The predicted octanol–water partition coefficient (Wildman–Crippen LogP) is 4.80. The van der Waals surface area contributed by atoms with Crippen LogP contribution in [-0.2, 0) is 4.74 Å². The summed E-state index contributed by atoms with van der Waals surface area (Å²) in [5.74, 6) is 0. The molecule has 1 nitrogen and oxygen atoms in total. The Labute approximate surface area is 102 Å². The minimum Gasteiger partial charge on any atom is -0.378 e. The van der Waals surface area contributed by atoms with E-state index >= 15 is 0 Å². The smallest absolute Gasteiger partial charge is 0.0581 e. The molecule has 0 N–H and O–H groups in total. The summed E-state index contributed by atoms with van der Waals surface area (Å²) >= 11 is 0. The molecule has 1 saturated heterocycles. The van der Waals surface area contributed by atoms with Gasteiger partial charge >= 0.3 is 0 Å². The Morgan fingerprint density at radius 3 is 2.31 bits per heavy atom. The van der Waals surface area contributed by atoms with Crippen molar-refractivity contribution in [3.05, 3.63) is 0 Å². The van der Waals surface area contributed by atoms with Gasteiger partial charge in [-0.15, -0.1) is 0 Å². The molecule has 0 aromatic rings. The van der Waals surface area contributed by atoms with Gasteiger partial charge in [0.05, 0.1) is 12.7 Å². The van der Waals surface area contributed by atoms with Gasteiger partial charge < -0.3 is 4.74 Å². The van der Waals surface area contributed by atoms with E-state index in [0.717, 1.165) is 6.61 Å². The second-order valence-corrected chi connectivity index (χ2v) is 6.71. The van der Waals surface area contributed by atoms with Gasteiger partial charge in [0.25, 0.3) is 0 Å². The Kier molecular flexibility index (Phi) is 4.85. The average Bonchev–Trinajstić information content (AvgIpc) is 2.58. The fourth-order valence-electron chi connectivity index (χ4n) is 2.62. The molecule has 0 radical (unpaired) electrons. The van der Waals surface area contributed by atoms with Gasteiger partial charge in [-0.25, -0.2) is 0 Å². The molecule has 1 atom stereocenters. The summed E-state index contributed by atoms with van der Waals surface area (Å²) in [5.41, 5.74) is 0.984. The Bertz CT molecular complexity index is 203. The van der Waals surface area contributed by atoms with Crippen molar-refractivity contribution in [3.63, 3.8) is 0 Å². The molecular formula is C15H30O. The Hall–Kier alpha value is -0.0400. The average molecular weight is 226 g/mol. The maximum Gasteiger partial charge on any atom is 0.0581 e. The number of rotatable bonds is 6. The minimum absolute atomic E-state index is 0.420. The summed E-state index contributed by atoms with van der Waals surface area (Å²) in [5, 5.41) is 0. The zero-order valence-corrected chi connectivity index (χ0v) is 11.9. The van der Waals surface area contributed by atoms with E-state index < -0.39 is 0 Å². The van der Waals surface area contributed by atoms with E-state index in [4.69, 9.17) is 4.74 Å². The normalized spacial score (nSPS) is 24.9. The lowest BCUT2D eigenvalue weighted by atomic mass is 9.79. The van der Waals surface area contributed by atoms with Crippen LogP contribution >= 0.6 is 0 Å². The number of ether oxygens (including phenoxy) is 1. The molecule has 1 fully saturated rings. The molecule has 1 rings (SSSR count). The highest BCUT2D eigenvalue weighted by Gasteiger charge is 2.31. The molecule has 96 valence electrons. The summed E-state index contributed by atoms with van der Waals surface area (Å²) in [7, 11) is 0. The Morgan fingerprint density at radius 1 is 1.25 bits per heavy atom. The summed E-state index contributed by atoms with van der Waals surface area (Å²) in [6.07, 6.45) is 8.36. The van der Waals surface area contributed by atoms with Gasteiger partial charge in [0.15, 0.2) is 0 Å². The summed E-state index contributed by atoms with van der Waals surface area (Å²) in [6.45, 7) is 12.6. The number of hydrogen-bond acceptors (Lipinski definition) is 1. The molecule has 0 aliphatic carbocycles. The highest BCUT2D eigenvalue weighted by Crippen LogP contribution is 2.36. The maximum atomic E-state index is 5.85. The topological polar surface area (TPSA) is 9.23 Å².